The van der Waals surface area contributed by atoms with Gasteiger partial charge in [-0.3, -0.25) is 0 Å². The largest absolute Gasteiger partial charge is 0.314 e. The molecule has 3 heteroatoms. The lowest BCUT2D eigenvalue weighted by Crippen LogP contribution is -2.20. The monoisotopic (exact) mass is 245 g/mol. The number of nitrogens with zero attached hydrogens (tertiary/aromatic N) is 2. The van der Waals surface area contributed by atoms with Gasteiger partial charge in [-0.1, -0.05) is 0 Å². The van der Waals surface area contributed by atoms with Crippen molar-refractivity contribution in [2.24, 2.45) is 5.92 Å². The zero-order valence-corrected chi connectivity index (χ0v) is 11.5. The quantitative estimate of drug-likeness (QED) is 0.836. The average molecular weight is 245 g/mol. The Labute approximate surface area is 109 Å². The SMILES string of the molecule is Cc1nc(CC2CC2)nc(C)c1CCNC1CC1. The minimum Gasteiger partial charge on any atom is -0.314 e. The minimum atomic E-state index is 0.792. The van der Waals surface area contributed by atoms with Crippen LogP contribution in [0.5, 0.6) is 0 Å². The van der Waals surface area contributed by atoms with Gasteiger partial charge >= 0.3 is 0 Å². The summed E-state index contributed by atoms with van der Waals surface area (Å²) in [5, 5.41) is 3.56. The molecule has 1 N–H and O–H groups in total. The third-order valence-electron chi connectivity index (χ3n) is 4.02. The van der Waals surface area contributed by atoms with Gasteiger partial charge in [-0.25, -0.2) is 9.97 Å². The number of nitrogens with one attached hydrogen (secondary N) is 1. The van der Waals surface area contributed by atoms with Crippen LogP contribution in [0, 0.1) is 19.8 Å². The molecule has 3 nitrogen and oxygen atoms in total. The number of aromatic nitrogens is 2. The highest BCUT2D eigenvalue weighted by Gasteiger charge is 2.23. The maximum Gasteiger partial charge on any atom is 0.129 e. The Morgan fingerprint density at radius 1 is 1.06 bits per heavy atom. The lowest BCUT2D eigenvalue weighted by Gasteiger charge is -2.11. The number of hydrogen-bond donors (Lipinski definition) is 1. The van der Waals surface area contributed by atoms with Crippen LogP contribution in [0.2, 0.25) is 0 Å². The van der Waals surface area contributed by atoms with E-state index in [-0.39, 0.29) is 0 Å². The first-order valence-electron chi connectivity index (χ1n) is 7.29. The van der Waals surface area contributed by atoms with Crippen LogP contribution >= 0.6 is 0 Å². The minimum absolute atomic E-state index is 0.792. The van der Waals surface area contributed by atoms with E-state index < -0.39 is 0 Å². The van der Waals surface area contributed by atoms with E-state index in [0.29, 0.717) is 0 Å². The van der Waals surface area contributed by atoms with E-state index in [9.17, 15) is 0 Å². The van der Waals surface area contributed by atoms with Gasteiger partial charge in [0.15, 0.2) is 0 Å². The predicted octanol–water partition coefficient (Wildman–Crippen LogP) is 2.34. The van der Waals surface area contributed by atoms with E-state index in [1.165, 1.54) is 42.6 Å². The van der Waals surface area contributed by atoms with Gasteiger partial charge in [0.25, 0.3) is 0 Å². The summed E-state index contributed by atoms with van der Waals surface area (Å²) < 4.78 is 0. The number of aryl methyl sites for hydroxylation is 2. The van der Waals surface area contributed by atoms with Crippen molar-refractivity contribution in [3.63, 3.8) is 0 Å². The lowest BCUT2D eigenvalue weighted by atomic mass is 10.1. The Hall–Kier alpha value is -0.960. The van der Waals surface area contributed by atoms with Crippen molar-refractivity contribution in [1.82, 2.24) is 15.3 Å². The first-order chi connectivity index (χ1) is 8.72. The van der Waals surface area contributed by atoms with Crippen molar-refractivity contribution in [1.29, 1.82) is 0 Å². The molecule has 2 fully saturated rings. The molecular formula is C15H23N3. The summed E-state index contributed by atoms with van der Waals surface area (Å²) in [6, 6.07) is 0.792. The smallest absolute Gasteiger partial charge is 0.129 e. The van der Waals surface area contributed by atoms with Crippen LogP contribution in [-0.4, -0.2) is 22.6 Å². The second-order valence-corrected chi connectivity index (χ2v) is 5.92. The van der Waals surface area contributed by atoms with Crippen LogP contribution in [-0.2, 0) is 12.8 Å². The summed E-state index contributed by atoms with van der Waals surface area (Å²) in [7, 11) is 0. The highest BCUT2D eigenvalue weighted by atomic mass is 14.9. The van der Waals surface area contributed by atoms with E-state index in [0.717, 1.165) is 37.2 Å². The first-order valence-corrected chi connectivity index (χ1v) is 7.29. The van der Waals surface area contributed by atoms with Crippen LogP contribution in [0.15, 0.2) is 0 Å². The van der Waals surface area contributed by atoms with Crippen molar-refractivity contribution in [3.8, 4) is 0 Å². The van der Waals surface area contributed by atoms with E-state index in [4.69, 9.17) is 0 Å². The zero-order chi connectivity index (χ0) is 12.5. The molecule has 1 aromatic rings. The molecule has 2 aliphatic rings. The van der Waals surface area contributed by atoms with Crippen molar-refractivity contribution in [2.75, 3.05) is 6.54 Å². The van der Waals surface area contributed by atoms with Gasteiger partial charge in [0.2, 0.25) is 0 Å². The molecule has 1 aromatic heterocycles. The zero-order valence-electron chi connectivity index (χ0n) is 11.5. The topological polar surface area (TPSA) is 37.8 Å². The summed E-state index contributed by atoms with van der Waals surface area (Å²) in [6.45, 7) is 5.34. The van der Waals surface area contributed by atoms with E-state index >= 15 is 0 Å². The first kappa shape index (κ1) is 12.1. The molecule has 3 rings (SSSR count). The fourth-order valence-electron chi connectivity index (χ4n) is 2.53. The van der Waals surface area contributed by atoms with E-state index in [2.05, 4.69) is 29.1 Å². The maximum absolute atomic E-state index is 4.69. The van der Waals surface area contributed by atoms with Crippen LogP contribution in [0.4, 0.5) is 0 Å². The van der Waals surface area contributed by atoms with Gasteiger partial charge in [0, 0.05) is 23.9 Å². The molecule has 1 heterocycles. The van der Waals surface area contributed by atoms with Crippen LogP contribution < -0.4 is 5.32 Å². The molecule has 18 heavy (non-hydrogen) atoms. The Bertz CT molecular complexity index is 410. The third-order valence-corrected chi connectivity index (χ3v) is 4.02. The van der Waals surface area contributed by atoms with Crippen molar-refractivity contribution < 1.29 is 0 Å². The summed E-state index contributed by atoms with van der Waals surface area (Å²) in [4.78, 5) is 9.38. The number of rotatable bonds is 6. The molecule has 0 atom stereocenters. The van der Waals surface area contributed by atoms with Crippen LogP contribution in [0.1, 0.15) is 48.5 Å². The highest BCUT2D eigenvalue weighted by Crippen LogP contribution is 2.31. The molecule has 0 bridgehead atoms. The summed E-state index contributed by atoms with van der Waals surface area (Å²) in [5.74, 6) is 1.93. The molecule has 2 aliphatic carbocycles. The summed E-state index contributed by atoms with van der Waals surface area (Å²) >= 11 is 0. The standard InChI is InChI=1S/C15H23N3/c1-10-14(7-8-16-13-5-6-13)11(2)18-15(17-10)9-12-3-4-12/h12-13,16H,3-9H2,1-2H3. The number of hydrogen-bond acceptors (Lipinski definition) is 3. The Balaban J connectivity index is 1.63. The highest BCUT2D eigenvalue weighted by molar-refractivity contribution is 5.25. The molecule has 0 unspecified atom stereocenters. The van der Waals surface area contributed by atoms with Crippen LogP contribution in [0.25, 0.3) is 0 Å². The van der Waals surface area contributed by atoms with Crippen LogP contribution in [0.3, 0.4) is 0 Å². The van der Waals surface area contributed by atoms with Gasteiger partial charge in [-0.15, -0.1) is 0 Å². The van der Waals surface area contributed by atoms with Gasteiger partial charge in [-0.2, -0.15) is 0 Å². The lowest BCUT2D eigenvalue weighted by molar-refractivity contribution is 0.670. The molecule has 0 amide bonds. The fraction of sp³-hybridized carbons (Fsp3) is 0.733. The molecule has 0 aliphatic heterocycles. The molecule has 98 valence electrons. The van der Waals surface area contributed by atoms with Gasteiger partial charge < -0.3 is 5.32 Å². The van der Waals surface area contributed by atoms with Crippen molar-refractivity contribution in [3.05, 3.63) is 22.8 Å². The van der Waals surface area contributed by atoms with Gasteiger partial charge in [-0.05, 0) is 64.0 Å². The van der Waals surface area contributed by atoms with Crippen molar-refractivity contribution >= 4 is 0 Å². The predicted molar refractivity (Wildman–Crippen MR) is 72.7 cm³/mol. The molecule has 0 spiro atoms. The Morgan fingerprint density at radius 3 is 2.28 bits per heavy atom. The molecule has 0 saturated heterocycles. The van der Waals surface area contributed by atoms with Crippen molar-refractivity contribution in [2.45, 2.75) is 58.4 Å². The molecular weight excluding hydrogens is 222 g/mol. The van der Waals surface area contributed by atoms with Gasteiger partial charge in [0.05, 0.1) is 0 Å². The third kappa shape index (κ3) is 3.08. The second-order valence-electron chi connectivity index (χ2n) is 5.92. The Morgan fingerprint density at radius 2 is 1.72 bits per heavy atom. The fourth-order valence-corrected chi connectivity index (χ4v) is 2.53. The summed E-state index contributed by atoms with van der Waals surface area (Å²) in [5.41, 5.74) is 3.73. The average Bonchev–Trinajstić information content (AvgIpc) is 3.16. The summed E-state index contributed by atoms with van der Waals surface area (Å²) in [6.07, 6.45) is 7.60. The molecule has 0 radical (unpaired) electrons. The van der Waals surface area contributed by atoms with E-state index in [1.54, 1.807) is 0 Å². The van der Waals surface area contributed by atoms with E-state index in [1.807, 2.05) is 0 Å². The maximum atomic E-state index is 4.69. The molecule has 0 aromatic carbocycles. The second kappa shape index (κ2) is 4.96. The Kier molecular flexibility index (Phi) is 3.33. The van der Waals surface area contributed by atoms with Gasteiger partial charge in [0.1, 0.15) is 5.82 Å². The normalized spacial score (nSPS) is 19.2. The molecule has 2 saturated carbocycles.